The van der Waals surface area contributed by atoms with Crippen LogP contribution < -0.4 is 0 Å². The predicted molar refractivity (Wildman–Crippen MR) is 48.1 cm³/mol. The second kappa shape index (κ2) is 7.76. The van der Waals surface area contributed by atoms with Gasteiger partial charge >= 0.3 is 5.97 Å². The van der Waals surface area contributed by atoms with Gasteiger partial charge in [-0.2, -0.15) is 0 Å². The number of aliphatic hydroxyl groups is 2. The van der Waals surface area contributed by atoms with Gasteiger partial charge in [-0.15, -0.1) is 0 Å². The van der Waals surface area contributed by atoms with Gasteiger partial charge in [0.25, 0.3) is 0 Å². The van der Waals surface area contributed by atoms with Crippen molar-refractivity contribution in [3.8, 4) is 0 Å². The summed E-state index contributed by atoms with van der Waals surface area (Å²) in [6.07, 6.45) is 2.41. The lowest BCUT2D eigenvalue weighted by Crippen LogP contribution is -2.11. The fourth-order valence-corrected chi connectivity index (χ4v) is 0.805. The molecular formula is C9H16O4. The van der Waals surface area contributed by atoms with E-state index in [2.05, 4.69) is 6.58 Å². The number of aliphatic hydroxyl groups excluding tert-OH is 2. The van der Waals surface area contributed by atoms with Crippen LogP contribution >= 0.6 is 0 Å². The zero-order valence-electron chi connectivity index (χ0n) is 7.61. The average Bonchev–Trinajstić information content (AvgIpc) is 2.16. The third-order valence-corrected chi connectivity index (χ3v) is 1.55. The summed E-state index contributed by atoms with van der Waals surface area (Å²) in [4.78, 5) is 10.5. The van der Waals surface area contributed by atoms with Gasteiger partial charge in [-0.3, -0.25) is 0 Å². The van der Waals surface area contributed by atoms with Gasteiger partial charge in [0, 0.05) is 6.08 Å². The Kier molecular flexibility index (Phi) is 7.24. The summed E-state index contributed by atoms with van der Waals surface area (Å²) >= 11 is 0. The Morgan fingerprint density at radius 3 is 2.77 bits per heavy atom. The Morgan fingerprint density at radius 2 is 2.23 bits per heavy atom. The molecule has 0 spiro atoms. The van der Waals surface area contributed by atoms with E-state index in [1.807, 2.05) is 0 Å². The molecule has 76 valence electrons. The van der Waals surface area contributed by atoms with Crippen molar-refractivity contribution >= 4 is 5.97 Å². The van der Waals surface area contributed by atoms with Crippen LogP contribution in [-0.2, 0) is 9.53 Å². The standard InChI is InChI=1S/C9H16O4/c1-2-9(12)13-6-4-3-5-8(11)7-10/h2,8,10-11H,1,3-7H2. The second-order valence-electron chi connectivity index (χ2n) is 2.70. The number of rotatable bonds is 7. The first-order chi connectivity index (χ1) is 6.20. The zero-order chi connectivity index (χ0) is 10.1. The van der Waals surface area contributed by atoms with E-state index in [0.717, 1.165) is 12.5 Å². The molecule has 0 rings (SSSR count). The molecule has 0 saturated heterocycles. The quantitative estimate of drug-likeness (QED) is 0.341. The van der Waals surface area contributed by atoms with Crippen LogP contribution in [0.2, 0.25) is 0 Å². The number of esters is 1. The molecule has 0 radical (unpaired) electrons. The summed E-state index contributed by atoms with van der Waals surface area (Å²) in [5, 5.41) is 17.4. The predicted octanol–water partition coefficient (Wildman–Crippen LogP) is 0.239. The highest BCUT2D eigenvalue weighted by atomic mass is 16.5. The monoisotopic (exact) mass is 188 g/mol. The molecular weight excluding hydrogens is 172 g/mol. The maximum absolute atomic E-state index is 10.5. The highest BCUT2D eigenvalue weighted by molar-refractivity contribution is 5.81. The molecule has 1 atom stereocenters. The largest absolute Gasteiger partial charge is 0.463 e. The second-order valence-corrected chi connectivity index (χ2v) is 2.70. The number of ether oxygens (including phenoxy) is 1. The van der Waals surface area contributed by atoms with Gasteiger partial charge in [-0.1, -0.05) is 6.58 Å². The highest BCUT2D eigenvalue weighted by Gasteiger charge is 2.01. The van der Waals surface area contributed by atoms with Crippen molar-refractivity contribution < 1.29 is 19.7 Å². The minimum atomic E-state index is -0.657. The number of carbonyl (C=O) groups excluding carboxylic acids is 1. The zero-order valence-corrected chi connectivity index (χ0v) is 7.61. The van der Waals surface area contributed by atoms with E-state index in [4.69, 9.17) is 14.9 Å². The maximum Gasteiger partial charge on any atom is 0.330 e. The van der Waals surface area contributed by atoms with Crippen molar-refractivity contribution in [2.75, 3.05) is 13.2 Å². The first-order valence-electron chi connectivity index (χ1n) is 4.28. The third kappa shape index (κ3) is 7.49. The molecule has 0 aromatic heterocycles. The van der Waals surface area contributed by atoms with Crippen LogP contribution in [0.1, 0.15) is 19.3 Å². The van der Waals surface area contributed by atoms with Gasteiger partial charge in [-0.25, -0.2) is 4.79 Å². The Balaban J connectivity index is 3.17. The first kappa shape index (κ1) is 12.1. The van der Waals surface area contributed by atoms with E-state index < -0.39 is 12.1 Å². The van der Waals surface area contributed by atoms with Crippen LogP contribution in [-0.4, -0.2) is 35.5 Å². The van der Waals surface area contributed by atoms with Gasteiger partial charge in [-0.05, 0) is 19.3 Å². The van der Waals surface area contributed by atoms with Crippen LogP contribution in [0.3, 0.4) is 0 Å². The number of hydrogen-bond acceptors (Lipinski definition) is 4. The molecule has 4 nitrogen and oxygen atoms in total. The lowest BCUT2D eigenvalue weighted by molar-refractivity contribution is -0.137. The molecule has 0 aliphatic carbocycles. The van der Waals surface area contributed by atoms with Gasteiger partial charge in [0.15, 0.2) is 0 Å². The van der Waals surface area contributed by atoms with Crippen LogP contribution in [0, 0.1) is 0 Å². The van der Waals surface area contributed by atoms with E-state index in [1.165, 1.54) is 0 Å². The molecule has 13 heavy (non-hydrogen) atoms. The van der Waals surface area contributed by atoms with E-state index in [-0.39, 0.29) is 6.61 Å². The van der Waals surface area contributed by atoms with Gasteiger partial charge in [0.2, 0.25) is 0 Å². The smallest absolute Gasteiger partial charge is 0.330 e. The minimum Gasteiger partial charge on any atom is -0.463 e. The average molecular weight is 188 g/mol. The maximum atomic E-state index is 10.5. The van der Waals surface area contributed by atoms with Crippen molar-refractivity contribution in [2.24, 2.45) is 0 Å². The fourth-order valence-electron chi connectivity index (χ4n) is 0.805. The normalized spacial score (nSPS) is 12.2. The number of hydrogen-bond donors (Lipinski definition) is 2. The molecule has 4 heteroatoms. The lowest BCUT2D eigenvalue weighted by atomic mass is 10.2. The molecule has 0 heterocycles. The topological polar surface area (TPSA) is 66.8 Å². The molecule has 0 fully saturated rings. The molecule has 0 saturated carbocycles. The van der Waals surface area contributed by atoms with E-state index in [0.29, 0.717) is 19.4 Å². The van der Waals surface area contributed by atoms with Crippen molar-refractivity contribution in [2.45, 2.75) is 25.4 Å². The summed E-state index contributed by atoms with van der Waals surface area (Å²) in [6.45, 7) is 3.37. The van der Waals surface area contributed by atoms with Crippen molar-refractivity contribution in [3.05, 3.63) is 12.7 Å². The van der Waals surface area contributed by atoms with Crippen LogP contribution in [0.5, 0.6) is 0 Å². The summed E-state index contributed by atoms with van der Waals surface area (Å²) in [7, 11) is 0. The lowest BCUT2D eigenvalue weighted by Gasteiger charge is -2.06. The number of carbonyl (C=O) groups is 1. The van der Waals surface area contributed by atoms with Crippen LogP contribution in [0.25, 0.3) is 0 Å². The molecule has 0 bridgehead atoms. The molecule has 0 aliphatic heterocycles. The van der Waals surface area contributed by atoms with Crippen LogP contribution in [0.4, 0.5) is 0 Å². The van der Waals surface area contributed by atoms with Crippen LogP contribution in [0.15, 0.2) is 12.7 Å². The van der Waals surface area contributed by atoms with Gasteiger partial charge in [0.05, 0.1) is 19.3 Å². The van der Waals surface area contributed by atoms with Crippen molar-refractivity contribution in [1.29, 1.82) is 0 Å². The van der Waals surface area contributed by atoms with Gasteiger partial charge < -0.3 is 14.9 Å². The minimum absolute atomic E-state index is 0.216. The SMILES string of the molecule is C=CC(=O)OCCCCC(O)CO. The molecule has 0 aliphatic rings. The number of unbranched alkanes of at least 4 members (excludes halogenated alkanes) is 1. The summed E-state index contributed by atoms with van der Waals surface area (Å²) in [5.41, 5.74) is 0. The van der Waals surface area contributed by atoms with Crippen molar-refractivity contribution in [3.63, 3.8) is 0 Å². The summed E-state index contributed by atoms with van der Waals surface area (Å²) < 4.78 is 4.71. The first-order valence-corrected chi connectivity index (χ1v) is 4.28. The molecule has 0 amide bonds. The molecule has 0 aromatic rings. The van der Waals surface area contributed by atoms with E-state index in [9.17, 15) is 4.79 Å². The fraction of sp³-hybridized carbons (Fsp3) is 0.667. The third-order valence-electron chi connectivity index (χ3n) is 1.55. The molecule has 2 N–H and O–H groups in total. The Hall–Kier alpha value is -0.870. The van der Waals surface area contributed by atoms with Gasteiger partial charge in [0.1, 0.15) is 0 Å². The molecule has 1 unspecified atom stereocenters. The highest BCUT2D eigenvalue weighted by Crippen LogP contribution is 2.00. The summed E-state index contributed by atoms with van der Waals surface area (Å²) in [5.74, 6) is -0.428. The van der Waals surface area contributed by atoms with Crippen molar-refractivity contribution in [1.82, 2.24) is 0 Å². The molecule has 0 aromatic carbocycles. The Morgan fingerprint density at radius 1 is 1.54 bits per heavy atom. The Bertz CT molecular complexity index is 156. The summed E-state index contributed by atoms with van der Waals surface area (Å²) in [6, 6.07) is 0. The Labute approximate surface area is 77.8 Å². The van der Waals surface area contributed by atoms with E-state index in [1.54, 1.807) is 0 Å². The van der Waals surface area contributed by atoms with E-state index >= 15 is 0 Å².